The molecule has 1 nitrogen and oxygen atoms in total. The zero-order valence-electron chi connectivity index (χ0n) is 10.5. The van der Waals surface area contributed by atoms with Crippen molar-refractivity contribution >= 4 is 11.6 Å². The van der Waals surface area contributed by atoms with Gasteiger partial charge in [0.2, 0.25) is 0 Å². The van der Waals surface area contributed by atoms with E-state index in [2.05, 4.69) is 0 Å². The highest BCUT2D eigenvalue weighted by Gasteiger charge is 2.12. The van der Waals surface area contributed by atoms with Crippen LogP contribution in [-0.2, 0) is 12.8 Å². The average Bonchev–Trinajstić information content (AvgIpc) is 2.36. The second-order valence-corrected chi connectivity index (χ2v) is 5.08. The van der Waals surface area contributed by atoms with Gasteiger partial charge in [-0.05, 0) is 42.2 Å². The molecule has 2 aromatic carbocycles. The van der Waals surface area contributed by atoms with Gasteiger partial charge in [-0.1, -0.05) is 23.7 Å². The van der Waals surface area contributed by atoms with Crippen molar-refractivity contribution in [2.75, 3.05) is 0 Å². The molecule has 0 saturated carbocycles. The molecule has 2 rings (SSSR count). The summed E-state index contributed by atoms with van der Waals surface area (Å²) in [6, 6.07) is 7.21. The second kappa shape index (κ2) is 6.29. The number of rotatable bonds is 4. The standard InChI is InChI=1S/C15H13ClF3N/c16-11-3-1-9(14(18)7-11)5-13(20)6-10-2-4-12(17)8-15(10)19/h1-4,7-8,13H,5-6,20H2. The molecule has 0 aliphatic carbocycles. The topological polar surface area (TPSA) is 26.0 Å². The van der Waals surface area contributed by atoms with Gasteiger partial charge in [0.1, 0.15) is 17.5 Å². The van der Waals surface area contributed by atoms with Crippen molar-refractivity contribution in [1.82, 2.24) is 0 Å². The Hall–Kier alpha value is -1.52. The van der Waals surface area contributed by atoms with Crippen LogP contribution in [0.15, 0.2) is 36.4 Å². The van der Waals surface area contributed by atoms with Gasteiger partial charge >= 0.3 is 0 Å². The maximum Gasteiger partial charge on any atom is 0.129 e. The molecular formula is C15H13ClF3N. The Bertz CT molecular complexity index is 563. The van der Waals surface area contributed by atoms with E-state index in [-0.39, 0.29) is 12.8 Å². The van der Waals surface area contributed by atoms with Crippen LogP contribution in [0.5, 0.6) is 0 Å². The Morgan fingerprint density at radius 2 is 1.45 bits per heavy atom. The lowest BCUT2D eigenvalue weighted by atomic mass is 9.99. The third kappa shape index (κ3) is 3.74. The van der Waals surface area contributed by atoms with Gasteiger partial charge in [-0.15, -0.1) is 0 Å². The summed E-state index contributed by atoms with van der Waals surface area (Å²) in [5.41, 5.74) is 6.63. The molecule has 2 aromatic rings. The molecule has 0 spiro atoms. The number of benzene rings is 2. The van der Waals surface area contributed by atoms with E-state index < -0.39 is 23.5 Å². The van der Waals surface area contributed by atoms with E-state index in [4.69, 9.17) is 17.3 Å². The minimum Gasteiger partial charge on any atom is -0.327 e. The maximum atomic E-state index is 13.6. The zero-order valence-corrected chi connectivity index (χ0v) is 11.3. The van der Waals surface area contributed by atoms with Crippen LogP contribution in [0.3, 0.4) is 0 Å². The van der Waals surface area contributed by atoms with Gasteiger partial charge in [-0.25, -0.2) is 13.2 Å². The Labute approximate surface area is 120 Å². The number of hydrogen-bond acceptors (Lipinski definition) is 1. The fourth-order valence-corrected chi connectivity index (χ4v) is 2.17. The first-order chi connectivity index (χ1) is 9.45. The first kappa shape index (κ1) is 14.9. The molecule has 0 radical (unpaired) electrons. The Balaban J connectivity index is 2.07. The van der Waals surface area contributed by atoms with Crippen LogP contribution in [0.4, 0.5) is 13.2 Å². The molecule has 20 heavy (non-hydrogen) atoms. The summed E-state index contributed by atoms with van der Waals surface area (Å²) in [6.45, 7) is 0. The average molecular weight is 300 g/mol. The van der Waals surface area contributed by atoms with Gasteiger partial charge in [0.15, 0.2) is 0 Å². The zero-order chi connectivity index (χ0) is 14.7. The summed E-state index contributed by atoms with van der Waals surface area (Å²) in [5.74, 6) is -1.71. The number of nitrogens with two attached hydrogens (primary N) is 1. The van der Waals surface area contributed by atoms with E-state index >= 15 is 0 Å². The lowest BCUT2D eigenvalue weighted by Crippen LogP contribution is -2.26. The third-order valence-corrected chi connectivity index (χ3v) is 3.23. The van der Waals surface area contributed by atoms with E-state index in [0.717, 1.165) is 6.07 Å². The molecule has 0 bridgehead atoms. The maximum absolute atomic E-state index is 13.6. The molecule has 0 amide bonds. The fraction of sp³-hybridized carbons (Fsp3) is 0.200. The van der Waals surface area contributed by atoms with Crippen molar-refractivity contribution < 1.29 is 13.2 Å². The summed E-state index contributed by atoms with van der Waals surface area (Å²) in [6.07, 6.45) is 0.452. The molecule has 1 unspecified atom stereocenters. The van der Waals surface area contributed by atoms with Crippen molar-refractivity contribution in [3.63, 3.8) is 0 Å². The summed E-state index contributed by atoms with van der Waals surface area (Å²) in [4.78, 5) is 0. The van der Waals surface area contributed by atoms with Gasteiger partial charge < -0.3 is 5.73 Å². The second-order valence-electron chi connectivity index (χ2n) is 4.64. The molecule has 0 fully saturated rings. The van der Waals surface area contributed by atoms with Crippen molar-refractivity contribution in [2.45, 2.75) is 18.9 Å². The van der Waals surface area contributed by atoms with Crippen LogP contribution in [0.25, 0.3) is 0 Å². The van der Waals surface area contributed by atoms with Gasteiger partial charge in [0.05, 0.1) is 0 Å². The van der Waals surface area contributed by atoms with E-state index in [1.54, 1.807) is 12.1 Å². The van der Waals surface area contributed by atoms with Gasteiger partial charge in [0, 0.05) is 17.1 Å². The van der Waals surface area contributed by atoms with Crippen LogP contribution in [0, 0.1) is 17.5 Å². The summed E-state index contributed by atoms with van der Waals surface area (Å²) in [7, 11) is 0. The van der Waals surface area contributed by atoms with Gasteiger partial charge in [-0.2, -0.15) is 0 Å². The lowest BCUT2D eigenvalue weighted by molar-refractivity contribution is 0.551. The van der Waals surface area contributed by atoms with Crippen molar-refractivity contribution in [2.24, 2.45) is 5.73 Å². The Kier molecular flexibility index (Phi) is 4.68. The van der Waals surface area contributed by atoms with E-state index in [9.17, 15) is 13.2 Å². The van der Waals surface area contributed by atoms with Crippen molar-refractivity contribution in [1.29, 1.82) is 0 Å². The molecular weight excluding hydrogens is 287 g/mol. The van der Waals surface area contributed by atoms with Crippen molar-refractivity contribution in [3.05, 3.63) is 70.0 Å². The van der Waals surface area contributed by atoms with Gasteiger partial charge in [0.25, 0.3) is 0 Å². The first-order valence-corrected chi connectivity index (χ1v) is 6.47. The van der Waals surface area contributed by atoms with Crippen LogP contribution in [-0.4, -0.2) is 6.04 Å². The molecule has 0 saturated heterocycles. The summed E-state index contributed by atoms with van der Waals surface area (Å²) >= 11 is 5.66. The molecule has 0 heterocycles. The molecule has 0 aliphatic rings. The lowest BCUT2D eigenvalue weighted by Gasteiger charge is -2.13. The van der Waals surface area contributed by atoms with Gasteiger partial charge in [-0.3, -0.25) is 0 Å². The minimum absolute atomic E-state index is 0.203. The van der Waals surface area contributed by atoms with E-state index in [1.807, 2.05) is 0 Å². The Morgan fingerprint density at radius 1 is 0.900 bits per heavy atom. The summed E-state index contributed by atoms with van der Waals surface area (Å²) < 4.78 is 39.9. The van der Waals surface area contributed by atoms with Crippen LogP contribution in [0.1, 0.15) is 11.1 Å². The predicted molar refractivity (Wildman–Crippen MR) is 73.2 cm³/mol. The smallest absolute Gasteiger partial charge is 0.129 e. The number of halogens is 4. The first-order valence-electron chi connectivity index (χ1n) is 6.09. The predicted octanol–water partition coefficient (Wildman–Crippen LogP) is 3.87. The van der Waals surface area contributed by atoms with Crippen LogP contribution < -0.4 is 5.73 Å². The molecule has 106 valence electrons. The molecule has 0 aliphatic heterocycles. The highest BCUT2D eigenvalue weighted by Crippen LogP contribution is 2.17. The van der Waals surface area contributed by atoms with E-state index in [1.165, 1.54) is 18.2 Å². The number of hydrogen-bond donors (Lipinski definition) is 1. The largest absolute Gasteiger partial charge is 0.327 e. The monoisotopic (exact) mass is 299 g/mol. The van der Waals surface area contributed by atoms with Crippen LogP contribution in [0.2, 0.25) is 5.02 Å². The third-order valence-electron chi connectivity index (χ3n) is 2.99. The van der Waals surface area contributed by atoms with E-state index in [0.29, 0.717) is 16.1 Å². The molecule has 5 heteroatoms. The minimum atomic E-state index is -0.642. The fourth-order valence-electron chi connectivity index (χ4n) is 2.01. The quantitative estimate of drug-likeness (QED) is 0.911. The normalized spacial score (nSPS) is 12.4. The van der Waals surface area contributed by atoms with Crippen molar-refractivity contribution in [3.8, 4) is 0 Å². The highest BCUT2D eigenvalue weighted by atomic mass is 35.5. The molecule has 2 N–H and O–H groups in total. The Morgan fingerprint density at radius 3 is 2.00 bits per heavy atom. The molecule has 0 aromatic heterocycles. The summed E-state index contributed by atoms with van der Waals surface area (Å²) in [5, 5.41) is 0.310. The SMILES string of the molecule is NC(Cc1ccc(F)cc1F)Cc1ccc(Cl)cc1F. The highest BCUT2D eigenvalue weighted by molar-refractivity contribution is 6.30. The van der Waals surface area contributed by atoms with Crippen LogP contribution >= 0.6 is 11.6 Å². The molecule has 1 atom stereocenters.